The summed E-state index contributed by atoms with van der Waals surface area (Å²) in [6.45, 7) is 1.15. The Kier molecular flexibility index (Phi) is 3.83. The van der Waals surface area contributed by atoms with Crippen LogP contribution in [0.2, 0.25) is 0 Å². The number of nitrogens with zero attached hydrogens (tertiary/aromatic N) is 4. The van der Waals surface area contributed by atoms with Crippen LogP contribution in [-0.4, -0.2) is 25.8 Å². The molecule has 0 saturated carbocycles. The second kappa shape index (κ2) is 6.28. The molecule has 2 heterocycles. The van der Waals surface area contributed by atoms with Crippen LogP contribution in [0.25, 0.3) is 0 Å². The van der Waals surface area contributed by atoms with Crippen LogP contribution in [0.5, 0.6) is 0 Å². The topological polar surface area (TPSA) is 51.0 Å². The first-order valence-electron chi connectivity index (χ1n) is 8.07. The molecule has 0 aliphatic carbocycles. The molecule has 1 aliphatic heterocycles. The normalized spacial score (nSPS) is 16.9. The number of rotatable bonds is 4. The van der Waals surface area contributed by atoms with E-state index in [9.17, 15) is 4.79 Å². The van der Waals surface area contributed by atoms with Crippen LogP contribution in [0.1, 0.15) is 22.9 Å². The van der Waals surface area contributed by atoms with Crippen molar-refractivity contribution in [2.24, 2.45) is 0 Å². The van der Waals surface area contributed by atoms with Crippen molar-refractivity contribution in [2.45, 2.75) is 25.6 Å². The second-order valence-electron chi connectivity index (χ2n) is 6.06. The van der Waals surface area contributed by atoms with Crippen molar-refractivity contribution in [1.82, 2.24) is 19.9 Å². The Hall–Kier alpha value is -2.95. The molecular formula is C19H18N4O. The lowest BCUT2D eigenvalue weighted by atomic mass is 10.0. The molecule has 0 fully saturated rings. The average molecular weight is 318 g/mol. The molecule has 0 bridgehead atoms. The van der Waals surface area contributed by atoms with Gasteiger partial charge in [-0.1, -0.05) is 65.9 Å². The average Bonchev–Trinajstić information content (AvgIpc) is 3.08. The molecule has 0 unspecified atom stereocenters. The number of carbonyl (C=O) groups is 1. The van der Waals surface area contributed by atoms with Crippen molar-refractivity contribution >= 4 is 5.91 Å². The lowest BCUT2D eigenvalue weighted by molar-refractivity contribution is -0.138. The molecule has 5 heteroatoms. The Balaban J connectivity index is 1.62. The molecular weight excluding hydrogens is 300 g/mol. The minimum absolute atomic E-state index is 0.0979. The summed E-state index contributed by atoms with van der Waals surface area (Å²) in [5.74, 6) is 0.0979. The SMILES string of the molecule is O=C1[C@H](Cc2ccccc2)n2nncc2CN1Cc1ccccc1. The van der Waals surface area contributed by atoms with E-state index in [0.29, 0.717) is 19.5 Å². The van der Waals surface area contributed by atoms with E-state index in [4.69, 9.17) is 0 Å². The van der Waals surface area contributed by atoms with Gasteiger partial charge in [-0.3, -0.25) is 4.79 Å². The zero-order chi connectivity index (χ0) is 16.4. The van der Waals surface area contributed by atoms with Crippen molar-refractivity contribution in [1.29, 1.82) is 0 Å². The molecule has 5 nitrogen and oxygen atoms in total. The second-order valence-corrected chi connectivity index (χ2v) is 6.06. The van der Waals surface area contributed by atoms with Crippen molar-refractivity contribution in [3.05, 3.63) is 83.7 Å². The van der Waals surface area contributed by atoms with Gasteiger partial charge in [0.25, 0.3) is 0 Å². The lowest BCUT2D eigenvalue weighted by Gasteiger charge is -2.33. The molecule has 3 aromatic rings. The maximum atomic E-state index is 13.0. The molecule has 0 spiro atoms. The Bertz CT molecular complexity index is 829. The Morgan fingerprint density at radius 1 is 0.958 bits per heavy atom. The van der Waals surface area contributed by atoms with E-state index in [1.165, 1.54) is 0 Å². The van der Waals surface area contributed by atoms with E-state index in [1.54, 1.807) is 10.9 Å². The summed E-state index contributed by atoms with van der Waals surface area (Å²) in [4.78, 5) is 14.9. The molecule has 1 amide bonds. The first-order chi connectivity index (χ1) is 11.8. The van der Waals surface area contributed by atoms with Gasteiger partial charge in [0.05, 0.1) is 18.4 Å². The van der Waals surface area contributed by atoms with E-state index in [2.05, 4.69) is 10.3 Å². The quantitative estimate of drug-likeness (QED) is 0.743. The fraction of sp³-hybridized carbons (Fsp3) is 0.211. The van der Waals surface area contributed by atoms with E-state index in [1.807, 2.05) is 65.6 Å². The molecule has 1 aromatic heterocycles. The minimum Gasteiger partial charge on any atom is -0.331 e. The van der Waals surface area contributed by atoms with Crippen LogP contribution in [0.15, 0.2) is 66.9 Å². The molecule has 0 N–H and O–H groups in total. The summed E-state index contributed by atoms with van der Waals surface area (Å²) in [7, 11) is 0. The number of amides is 1. The summed E-state index contributed by atoms with van der Waals surface area (Å²) < 4.78 is 1.77. The summed E-state index contributed by atoms with van der Waals surface area (Å²) in [5.41, 5.74) is 3.23. The highest BCUT2D eigenvalue weighted by molar-refractivity contribution is 5.81. The fourth-order valence-corrected chi connectivity index (χ4v) is 3.18. The number of aromatic nitrogens is 3. The highest BCUT2D eigenvalue weighted by Crippen LogP contribution is 2.25. The van der Waals surface area contributed by atoms with E-state index in [0.717, 1.165) is 16.8 Å². The van der Waals surface area contributed by atoms with E-state index >= 15 is 0 Å². The van der Waals surface area contributed by atoms with Gasteiger partial charge in [-0.2, -0.15) is 0 Å². The van der Waals surface area contributed by atoms with Gasteiger partial charge in [-0.25, -0.2) is 4.68 Å². The first-order valence-corrected chi connectivity index (χ1v) is 8.07. The smallest absolute Gasteiger partial charge is 0.248 e. The van der Waals surface area contributed by atoms with Crippen LogP contribution in [0.4, 0.5) is 0 Å². The Labute approximate surface area is 140 Å². The zero-order valence-electron chi connectivity index (χ0n) is 13.2. The maximum Gasteiger partial charge on any atom is 0.248 e. The van der Waals surface area contributed by atoms with Crippen LogP contribution in [-0.2, 0) is 24.3 Å². The third-order valence-corrected chi connectivity index (χ3v) is 4.38. The van der Waals surface area contributed by atoms with Gasteiger partial charge < -0.3 is 4.90 Å². The third kappa shape index (κ3) is 2.80. The van der Waals surface area contributed by atoms with Gasteiger partial charge in [-0.05, 0) is 11.1 Å². The standard InChI is InChI=1S/C19H18N4O/c24-19-18(11-15-7-3-1-4-8-15)23-17(12-20-21-23)14-22(19)13-16-9-5-2-6-10-16/h1-10,12,18H,11,13-14H2/t18-/m0/s1. The predicted molar refractivity (Wildman–Crippen MR) is 89.9 cm³/mol. The van der Waals surface area contributed by atoms with Crippen molar-refractivity contribution in [3.8, 4) is 0 Å². The number of hydrogen-bond donors (Lipinski definition) is 0. The molecule has 0 radical (unpaired) electrons. The van der Waals surface area contributed by atoms with E-state index < -0.39 is 0 Å². The summed E-state index contributed by atoms with van der Waals surface area (Å²) in [5, 5.41) is 8.15. The molecule has 4 rings (SSSR count). The van der Waals surface area contributed by atoms with Gasteiger partial charge in [0, 0.05) is 13.0 Å². The largest absolute Gasteiger partial charge is 0.331 e. The summed E-state index contributed by atoms with van der Waals surface area (Å²) in [6.07, 6.45) is 2.38. The molecule has 1 atom stereocenters. The summed E-state index contributed by atoms with van der Waals surface area (Å²) in [6, 6.07) is 19.8. The predicted octanol–water partition coefficient (Wildman–Crippen LogP) is 2.60. The van der Waals surface area contributed by atoms with Crippen molar-refractivity contribution < 1.29 is 4.79 Å². The molecule has 1 aliphatic rings. The van der Waals surface area contributed by atoms with Crippen molar-refractivity contribution in [3.63, 3.8) is 0 Å². The van der Waals surface area contributed by atoms with Gasteiger partial charge in [0.2, 0.25) is 5.91 Å². The van der Waals surface area contributed by atoms with Crippen LogP contribution < -0.4 is 0 Å². The molecule has 0 saturated heterocycles. The fourth-order valence-electron chi connectivity index (χ4n) is 3.18. The van der Waals surface area contributed by atoms with Crippen molar-refractivity contribution in [2.75, 3.05) is 0 Å². The highest BCUT2D eigenvalue weighted by Gasteiger charge is 2.34. The third-order valence-electron chi connectivity index (χ3n) is 4.38. The number of hydrogen-bond acceptors (Lipinski definition) is 3. The summed E-state index contributed by atoms with van der Waals surface area (Å²) >= 11 is 0. The minimum atomic E-state index is -0.331. The molecule has 24 heavy (non-hydrogen) atoms. The maximum absolute atomic E-state index is 13.0. The number of fused-ring (bicyclic) bond motifs is 1. The number of benzene rings is 2. The first kappa shape index (κ1) is 14.6. The monoisotopic (exact) mass is 318 g/mol. The van der Waals surface area contributed by atoms with Crippen LogP contribution in [0, 0.1) is 0 Å². The van der Waals surface area contributed by atoms with Crippen LogP contribution >= 0.6 is 0 Å². The zero-order valence-corrected chi connectivity index (χ0v) is 13.2. The molecule has 120 valence electrons. The highest BCUT2D eigenvalue weighted by atomic mass is 16.2. The van der Waals surface area contributed by atoms with Gasteiger partial charge in [0.1, 0.15) is 6.04 Å². The van der Waals surface area contributed by atoms with Crippen LogP contribution in [0.3, 0.4) is 0 Å². The Morgan fingerprint density at radius 3 is 2.33 bits per heavy atom. The van der Waals surface area contributed by atoms with Gasteiger partial charge >= 0.3 is 0 Å². The van der Waals surface area contributed by atoms with E-state index in [-0.39, 0.29) is 11.9 Å². The van der Waals surface area contributed by atoms with Gasteiger partial charge in [-0.15, -0.1) is 5.10 Å². The lowest BCUT2D eigenvalue weighted by Crippen LogP contribution is -2.43. The number of carbonyl (C=O) groups excluding carboxylic acids is 1. The Morgan fingerprint density at radius 2 is 1.62 bits per heavy atom. The molecule has 2 aromatic carbocycles. The van der Waals surface area contributed by atoms with Gasteiger partial charge in [0.15, 0.2) is 0 Å².